The third kappa shape index (κ3) is 4.63. The molecule has 0 radical (unpaired) electrons. The first kappa shape index (κ1) is 21.8. The highest BCUT2D eigenvalue weighted by molar-refractivity contribution is 7.91. The largest absolute Gasteiger partial charge is 0.355 e. The van der Waals surface area contributed by atoms with Gasteiger partial charge in [-0.15, -0.1) is 11.3 Å². The second-order valence-electron chi connectivity index (χ2n) is 6.80. The van der Waals surface area contributed by atoms with E-state index in [0.717, 1.165) is 16.9 Å². The van der Waals surface area contributed by atoms with Crippen LogP contribution in [-0.4, -0.2) is 56.1 Å². The Morgan fingerprint density at radius 1 is 1.24 bits per heavy atom. The van der Waals surface area contributed by atoms with Crippen LogP contribution in [0.1, 0.15) is 28.8 Å². The van der Waals surface area contributed by atoms with E-state index in [0.29, 0.717) is 35.8 Å². The molecule has 1 atom stereocenters. The molecule has 2 heterocycles. The molecule has 0 saturated carbocycles. The number of rotatable bonds is 6. The first-order valence-electron chi connectivity index (χ1n) is 9.07. The maximum Gasteiger partial charge on any atom is 0.253 e. The van der Waals surface area contributed by atoms with E-state index in [1.807, 2.05) is 0 Å². The molecular formula is C19H22ClN3O4S2. The van der Waals surface area contributed by atoms with Crippen LogP contribution in [0.2, 0.25) is 4.34 Å². The standard InChI is InChI=1S/C19H22ClN3O4S2/c1-21-18(24)14-7-5-13(6-8-14)12-22(2)19(25)15-4-3-11-23(15)29(26,27)17-10-9-16(20)28-17/h5-10,15H,3-4,11-12H2,1-2H3,(H,21,24). The van der Waals surface area contributed by atoms with E-state index in [-0.39, 0.29) is 16.0 Å². The fourth-order valence-electron chi connectivity index (χ4n) is 3.34. The molecule has 3 rings (SSSR count). The summed E-state index contributed by atoms with van der Waals surface area (Å²) in [6.45, 7) is 0.630. The van der Waals surface area contributed by atoms with Crippen LogP contribution in [0.4, 0.5) is 0 Å². The third-order valence-electron chi connectivity index (χ3n) is 4.84. The average Bonchev–Trinajstić information content (AvgIpc) is 3.37. The smallest absolute Gasteiger partial charge is 0.253 e. The van der Waals surface area contributed by atoms with E-state index >= 15 is 0 Å². The Morgan fingerprint density at radius 3 is 2.52 bits per heavy atom. The van der Waals surface area contributed by atoms with Crippen molar-refractivity contribution < 1.29 is 18.0 Å². The first-order chi connectivity index (χ1) is 13.7. The molecule has 1 fully saturated rings. The monoisotopic (exact) mass is 455 g/mol. The lowest BCUT2D eigenvalue weighted by molar-refractivity contribution is -0.133. The number of thiophene rings is 1. The van der Waals surface area contributed by atoms with Crippen LogP contribution in [0.15, 0.2) is 40.6 Å². The van der Waals surface area contributed by atoms with Crippen molar-refractivity contribution in [2.24, 2.45) is 0 Å². The third-order valence-corrected chi connectivity index (χ3v) is 8.45. The Hall–Kier alpha value is -1.94. The van der Waals surface area contributed by atoms with Gasteiger partial charge in [-0.25, -0.2) is 8.42 Å². The van der Waals surface area contributed by atoms with Crippen molar-refractivity contribution in [2.45, 2.75) is 29.6 Å². The molecule has 0 bridgehead atoms. The van der Waals surface area contributed by atoms with Gasteiger partial charge in [0.15, 0.2) is 0 Å². The SMILES string of the molecule is CNC(=O)c1ccc(CN(C)C(=O)C2CCCN2S(=O)(=O)c2ccc(Cl)s2)cc1. The van der Waals surface area contributed by atoms with Gasteiger partial charge in [0, 0.05) is 32.7 Å². The number of carbonyl (C=O) groups is 2. The topological polar surface area (TPSA) is 86.8 Å². The Labute approximate surface area is 179 Å². The van der Waals surface area contributed by atoms with E-state index in [1.165, 1.54) is 15.3 Å². The summed E-state index contributed by atoms with van der Waals surface area (Å²) in [7, 11) is -0.544. The molecule has 2 aromatic rings. The summed E-state index contributed by atoms with van der Waals surface area (Å²) in [6, 6.07) is 9.24. The normalized spacial score (nSPS) is 17.3. The molecule has 0 spiro atoms. The van der Waals surface area contributed by atoms with Gasteiger partial charge in [0.1, 0.15) is 10.3 Å². The maximum absolute atomic E-state index is 13.0. The van der Waals surface area contributed by atoms with Crippen LogP contribution in [0.5, 0.6) is 0 Å². The summed E-state index contributed by atoms with van der Waals surface area (Å²) in [4.78, 5) is 26.2. The van der Waals surface area contributed by atoms with Gasteiger partial charge in [0.25, 0.3) is 15.9 Å². The van der Waals surface area contributed by atoms with Crippen LogP contribution >= 0.6 is 22.9 Å². The molecule has 1 unspecified atom stereocenters. The van der Waals surface area contributed by atoms with Gasteiger partial charge in [0.05, 0.1) is 4.34 Å². The van der Waals surface area contributed by atoms with Crippen LogP contribution in [0.25, 0.3) is 0 Å². The fraction of sp³-hybridized carbons (Fsp3) is 0.368. The second kappa shape index (κ2) is 8.83. The molecule has 1 aliphatic heterocycles. The molecule has 2 amide bonds. The average molecular weight is 456 g/mol. The molecule has 156 valence electrons. The molecule has 1 aromatic heterocycles. The fourth-order valence-corrected chi connectivity index (χ4v) is 6.60. The van der Waals surface area contributed by atoms with Crippen LogP contribution in [0, 0.1) is 0 Å². The molecule has 1 N–H and O–H groups in total. The number of hydrogen-bond donors (Lipinski definition) is 1. The van der Waals surface area contributed by atoms with Gasteiger partial charge >= 0.3 is 0 Å². The van der Waals surface area contributed by atoms with Crippen LogP contribution < -0.4 is 5.32 Å². The van der Waals surface area contributed by atoms with E-state index in [1.54, 1.807) is 44.4 Å². The number of amides is 2. The summed E-state index contributed by atoms with van der Waals surface area (Å²) in [6.07, 6.45) is 1.11. The molecule has 7 nitrogen and oxygen atoms in total. The molecule has 29 heavy (non-hydrogen) atoms. The first-order valence-corrected chi connectivity index (χ1v) is 11.7. The van der Waals surface area contributed by atoms with Crippen molar-refractivity contribution in [1.82, 2.24) is 14.5 Å². The van der Waals surface area contributed by atoms with Gasteiger partial charge in [-0.3, -0.25) is 9.59 Å². The van der Waals surface area contributed by atoms with Crippen molar-refractivity contribution in [1.29, 1.82) is 0 Å². The Balaban J connectivity index is 1.72. The summed E-state index contributed by atoms with van der Waals surface area (Å²) in [5, 5.41) is 2.56. The zero-order valence-corrected chi connectivity index (χ0v) is 18.5. The molecular weight excluding hydrogens is 434 g/mol. The van der Waals surface area contributed by atoms with Crippen molar-refractivity contribution in [3.63, 3.8) is 0 Å². The lowest BCUT2D eigenvalue weighted by atomic mass is 10.1. The van der Waals surface area contributed by atoms with Gasteiger partial charge < -0.3 is 10.2 Å². The lowest BCUT2D eigenvalue weighted by Crippen LogP contribution is -2.46. The van der Waals surface area contributed by atoms with E-state index in [2.05, 4.69) is 5.32 Å². The highest BCUT2D eigenvalue weighted by atomic mass is 35.5. The Morgan fingerprint density at radius 2 is 1.93 bits per heavy atom. The minimum atomic E-state index is -3.76. The summed E-state index contributed by atoms with van der Waals surface area (Å²) >= 11 is 6.88. The molecule has 0 aliphatic carbocycles. The van der Waals surface area contributed by atoms with Crippen molar-refractivity contribution in [3.05, 3.63) is 51.9 Å². The predicted octanol–water partition coefficient (Wildman–Crippen LogP) is 2.57. The summed E-state index contributed by atoms with van der Waals surface area (Å²) in [5.74, 6) is -0.425. The highest BCUT2D eigenvalue weighted by Gasteiger charge is 2.41. The van der Waals surface area contributed by atoms with Crippen LogP contribution in [0.3, 0.4) is 0 Å². The predicted molar refractivity (Wildman–Crippen MR) is 113 cm³/mol. The quantitative estimate of drug-likeness (QED) is 0.725. The molecule has 1 aromatic carbocycles. The number of hydrogen-bond acceptors (Lipinski definition) is 5. The summed E-state index contributed by atoms with van der Waals surface area (Å²) < 4.78 is 27.7. The number of benzene rings is 1. The summed E-state index contributed by atoms with van der Waals surface area (Å²) in [5.41, 5.74) is 1.39. The molecule has 1 aliphatic rings. The van der Waals surface area contributed by atoms with Gasteiger partial charge in [-0.2, -0.15) is 4.31 Å². The minimum absolute atomic E-state index is 0.148. The van der Waals surface area contributed by atoms with Crippen molar-refractivity contribution in [3.8, 4) is 0 Å². The Bertz CT molecular complexity index is 1000. The molecule has 1 saturated heterocycles. The van der Waals surface area contributed by atoms with Gasteiger partial charge in [0.2, 0.25) is 5.91 Å². The highest BCUT2D eigenvalue weighted by Crippen LogP contribution is 2.32. The van der Waals surface area contributed by atoms with E-state index in [9.17, 15) is 18.0 Å². The number of halogens is 1. The Kier molecular flexibility index (Phi) is 6.62. The van der Waals surface area contributed by atoms with Crippen LogP contribution in [-0.2, 0) is 21.4 Å². The molecule has 10 heteroatoms. The van der Waals surface area contributed by atoms with E-state index in [4.69, 9.17) is 11.6 Å². The number of nitrogens with one attached hydrogen (secondary N) is 1. The van der Waals surface area contributed by atoms with Gasteiger partial charge in [-0.1, -0.05) is 23.7 Å². The number of carbonyl (C=O) groups excluding carboxylic acids is 2. The number of nitrogens with zero attached hydrogens (tertiary/aromatic N) is 2. The number of likely N-dealkylation sites (N-methyl/N-ethyl adjacent to an activating group) is 1. The van der Waals surface area contributed by atoms with Crippen molar-refractivity contribution in [2.75, 3.05) is 20.6 Å². The maximum atomic E-state index is 13.0. The lowest BCUT2D eigenvalue weighted by Gasteiger charge is -2.27. The number of sulfonamides is 1. The zero-order valence-electron chi connectivity index (χ0n) is 16.1. The zero-order chi connectivity index (χ0) is 21.2. The minimum Gasteiger partial charge on any atom is -0.355 e. The van der Waals surface area contributed by atoms with Gasteiger partial charge in [-0.05, 0) is 42.7 Å². The van der Waals surface area contributed by atoms with Crippen molar-refractivity contribution >= 4 is 44.8 Å². The van der Waals surface area contributed by atoms with E-state index < -0.39 is 16.1 Å². The second-order valence-corrected chi connectivity index (χ2v) is 10.6.